The Hall–Kier alpha value is -1.37. The monoisotopic (exact) mass is 294 g/mol. The Labute approximate surface area is 136 Å². The molecule has 0 fully saturated rings. The van der Waals surface area contributed by atoms with E-state index in [0.29, 0.717) is 0 Å². The summed E-state index contributed by atoms with van der Waals surface area (Å²) in [6, 6.07) is 19.3. The smallest absolute Gasteiger partial charge is 0 e. The van der Waals surface area contributed by atoms with Crippen LogP contribution in [0.5, 0.6) is 0 Å². The Morgan fingerprint density at radius 1 is 0.750 bits per heavy atom. The van der Waals surface area contributed by atoms with Crippen molar-refractivity contribution in [1.29, 1.82) is 0 Å². The summed E-state index contributed by atoms with van der Waals surface area (Å²) in [5, 5.41) is 0. The molecule has 0 spiro atoms. The Morgan fingerprint density at radius 2 is 1.35 bits per heavy atom. The van der Waals surface area contributed by atoms with Crippen molar-refractivity contribution in [2.45, 2.75) is 20.3 Å². The second-order valence-corrected chi connectivity index (χ2v) is 5.14. The minimum absolute atomic E-state index is 0. The van der Waals surface area contributed by atoms with Crippen LogP contribution in [0.25, 0.3) is 16.7 Å². The molecule has 3 rings (SSSR count). The third kappa shape index (κ3) is 2.72. The van der Waals surface area contributed by atoms with E-state index < -0.39 is 0 Å². The van der Waals surface area contributed by atoms with Crippen molar-refractivity contribution in [2.75, 3.05) is 0 Å². The molecule has 0 radical (unpaired) electrons. The van der Waals surface area contributed by atoms with Crippen molar-refractivity contribution in [3.8, 4) is 11.1 Å². The molecule has 0 bridgehead atoms. The zero-order valence-electron chi connectivity index (χ0n) is 12.0. The molecule has 0 aliphatic heterocycles. The number of hydrogen-bond donors (Lipinski definition) is 0. The molecule has 1 aliphatic carbocycles. The SMILES string of the molecule is CC1=C(C)C(c2ccccc2-c2ccccc2)=CC1.[Ti]. The summed E-state index contributed by atoms with van der Waals surface area (Å²) in [5.41, 5.74) is 8.28. The summed E-state index contributed by atoms with van der Waals surface area (Å²) in [5.74, 6) is 0. The van der Waals surface area contributed by atoms with Crippen LogP contribution in [0.3, 0.4) is 0 Å². The van der Waals surface area contributed by atoms with Gasteiger partial charge in [-0.1, -0.05) is 66.2 Å². The van der Waals surface area contributed by atoms with Gasteiger partial charge in [-0.15, -0.1) is 0 Å². The van der Waals surface area contributed by atoms with Crippen LogP contribution in [-0.2, 0) is 21.7 Å². The number of allylic oxidation sites excluding steroid dienone is 4. The largest absolute Gasteiger partial charge is 0.0723 e. The van der Waals surface area contributed by atoms with Crippen LogP contribution in [-0.4, -0.2) is 0 Å². The first-order valence-electron chi connectivity index (χ1n) is 6.79. The van der Waals surface area contributed by atoms with E-state index in [1.54, 1.807) is 0 Å². The number of rotatable bonds is 2. The fourth-order valence-corrected chi connectivity index (χ4v) is 2.69. The van der Waals surface area contributed by atoms with Crippen LogP contribution in [0.15, 0.2) is 71.8 Å². The molecule has 0 amide bonds. The molecule has 2 aromatic rings. The van der Waals surface area contributed by atoms with Crippen molar-refractivity contribution in [2.24, 2.45) is 0 Å². The quantitative estimate of drug-likeness (QED) is 0.644. The Morgan fingerprint density at radius 3 is 1.95 bits per heavy atom. The van der Waals surface area contributed by atoms with Crippen molar-refractivity contribution >= 4 is 5.57 Å². The van der Waals surface area contributed by atoms with Crippen LogP contribution in [0, 0.1) is 0 Å². The van der Waals surface area contributed by atoms with E-state index >= 15 is 0 Å². The van der Waals surface area contributed by atoms with Gasteiger partial charge in [0.1, 0.15) is 0 Å². The molecule has 0 atom stereocenters. The van der Waals surface area contributed by atoms with E-state index in [0.717, 1.165) is 6.42 Å². The van der Waals surface area contributed by atoms with Gasteiger partial charge in [0.05, 0.1) is 0 Å². The van der Waals surface area contributed by atoms with Gasteiger partial charge in [0.25, 0.3) is 0 Å². The third-order valence-corrected chi connectivity index (χ3v) is 3.96. The van der Waals surface area contributed by atoms with Crippen molar-refractivity contribution in [3.05, 3.63) is 77.4 Å². The first kappa shape index (κ1) is 15.0. The minimum Gasteiger partial charge on any atom is -0.0723 e. The topological polar surface area (TPSA) is 0 Å². The van der Waals surface area contributed by atoms with E-state index in [1.807, 2.05) is 0 Å². The Bertz CT molecular complexity index is 663. The van der Waals surface area contributed by atoms with Gasteiger partial charge in [-0.3, -0.25) is 0 Å². The average Bonchev–Trinajstić information content (AvgIpc) is 2.80. The maximum atomic E-state index is 2.35. The molecule has 0 heterocycles. The van der Waals surface area contributed by atoms with Crippen LogP contribution >= 0.6 is 0 Å². The van der Waals surface area contributed by atoms with Crippen LogP contribution in [0.2, 0.25) is 0 Å². The normalized spacial score (nSPS) is 14.0. The van der Waals surface area contributed by atoms with E-state index in [1.165, 1.54) is 33.4 Å². The zero-order valence-corrected chi connectivity index (χ0v) is 13.5. The third-order valence-electron chi connectivity index (χ3n) is 3.96. The second-order valence-electron chi connectivity index (χ2n) is 5.14. The van der Waals surface area contributed by atoms with Gasteiger partial charge in [-0.2, -0.15) is 0 Å². The second kappa shape index (κ2) is 6.39. The molecular formula is C19H18Ti. The molecule has 0 unspecified atom stereocenters. The summed E-state index contributed by atoms with van der Waals surface area (Å²) in [6.07, 6.45) is 3.44. The predicted octanol–water partition coefficient (Wildman–Crippen LogP) is 5.47. The van der Waals surface area contributed by atoms with Crippen molar-refractivity contribution < 1.29 is 21.7 Å². The summed E-state index contributed by atoms with van der Waals surface area (Å²) < 4.78 is 0. The molecule has 20 heavy (non-hydrogen) atoms. The maximum absolute atomic E-state index is 2.35. The average molecular weight is 294 g/mol. The molecule has 0 aromatic heterocycles. The molecule has 2 aromatic carbocycles. The molecule has 1 aliphatic rings. The summed E-state index contributed by atoms with van der Waals surface area (Å²) in [7, 11) is 0. The van der Waals surface area contributed by atoms with Gasteiger partial charge in [-0.05, 0) is 48.1 Å². The minimum atomic E-state index is 0. The van der Waals surface area contributed by atoms with E-state index in [9.17, 15) is 0 Å². The summed E-state index contributed by atoms with van der Waals surface area (Å²) in [4.78, 5) is 0. The maximum Gasteiger partial charge on any atom is 0 e. The molecule has 0 saturated heterocycles. The first-order valence-corrected chi connectivity index (χ1v) is 6.79. The van der Waals surface area contributed by atoms with Crippen LogP contribution in [0.1, 0.15) is 25.8 Å². The standard InChI is InChI=1S/C19H18.Ti/c1-14-12-13-17(15(14)2)19-11-7-6-10-18(19)16-8-4-3-5-9-16;/h3-11,13H,12H2,1-2H3;. The van der Waals surface area contributed by atoms with Crippen molar-refractivity contribution in [1.82, 2.24) is 0 Å². The van der Waals surface area contributed by atoms with E-state index in [-0.39, 0.29) is 21.7 Å². The van der Waals surface area contributed by atoms with Crippen LogP contribution in [0.4, 0.5) is 0 Å². The molecular weight excluding hydrogens is 276 g/mol. The van der Waals surface area contributed by atoms with Gasteiger partial charge >= 0.3 is 0 Å². The van der Waals surface area contributed by atoms with Gasteiger partial charge in [0, 0.05) is 21.7 Å². The fourth-order valence-electron chi connectivity index (χ4n) is 2.69. The Balaban J connectivity index is 0.00000147. The van der Waals surface area contributed by atoms with E-state index in [2.05, 4.69) is 74.5 Å². The molecule has 1 heteroatoms. The first-order chi connectivity index (χ1) is 9.27. The van der Waals surface area contributed by atoms with Gasteiger partial charge in [0.15, 0.2) is 0 Å². The zero-order chi connectivity index (χ0) is 13.2. The van der Waals surface area contributed by atoms with Crippen LogP contribution < -0.4 is 0 Å². The predicted molar refractivity (Wildman–Crippen MR) is 82.8 cm³/mol. The number of hydrogen-bond acceptors (Lipinski definition) is 0. The van der Waals surface area contributed by atoms with Gasteiger partial charge < -0.3 is 0 Å². The van der Waals surface area contributed by atoms with Gasteiger partial charge in [-0.25, -0.2) is 0 Å². The van der Waals surface area contributed by atoms with Gasteiger partial charge in [0.2, 0.25) is 0 Å². The summed E-state index contributed by atoms with van der Waals surface area (Å²) in [6.45, 7) is 4.46. The molecule has 0 saturated carbocycles. The van der Waals surface area contributed by atoms with E-state index in [4.69, 9.17) is 0 Å². The van der Waals surface area contributed by atoms with Crippen molar-refractivity contribution in [3.63, 3.8) is 0 Å². The molecule has 98 valence electrons. The summed E-state index contributed by atoms with van der Waals surface area (Å²) >= 11 is 0. The number of benzene rings is 2. The molecule has 0 N–H and O–H groups in total. The fraction of sp³-hybridized carbons (Fsp3) is 0.158. The Kier molecular flexibility index (Phi) is 4.80. The molecule has 0 nitrogen and oxygen atoms in total.